The maximum Gasteiger partial charge on any atom is 0.387 e. The average molecular weight is 354 g/mol. The van der Waals surface area contributed by atoms with Crippen LogP contribution in [0.4, 0.5) is 14.5 Å². The molecule has 0 aliphatic rings. The monoisotopic (exact) mass is 354 g/mol. The first-order chi connectivity index (χ1) is 11.6. The highest BCUT2D eigenvalue weighted by Gasteiger charge is 2.11. The highest BCUT2D eigenvalue weighted by Crippen LogP contribution is 2.25. The van der Waals surface area contributed by atoms with Crippen molar-refractivity contribution in [1.82, 2.24) is 5.32 Å². The molecule has 0 aliphatic heterocycles. The number of halogens is 2. The van der Waals surface area contributed by atoms with Gasteiger partial charge in [-0.15, -0.1) is 0 Å². The van der Waals surface area contributed by atoms with E-state index in [-0.39, 0.29) is 29.7 Å². The summed E-state index contributed by atoms with van der Waals surface area (Å²) in [7, 11) is 0. The minimum Gasteiger partial charge on any atom is -0.433 e. The molecule has 0 bridgehead atoms. The van der Waals surface area contributed by atoms with Crippen LogP contribution in [0, 0.1) is 0 Å². The molecule has 0 aliphatic carbocycles. The maximum absolute atomic E-state index is 12.3. The van der Waals surface area contributed by atoms with Gasteiger partial charge in [-0.1, -0.05) is 12.1 Å². The predicted molar refractivity (Wildman–Crippen MR) is 87.6 cm³/mol. The zero-order chi connectivity index (χ0) is 17.4. The summed E-state index contributed by atoms with van der Waals surface area (Å²) in [4.78, 5) is 23.6. The van der Waals surface area contributed by atoms with Gasteiger partial charge in [-0.05, 0) is 30.0 Å². The largest absolute Gasteiger partial charge is 0.433 e. The fraction of sp³-hybridized carbons (Fsp3) is 0.250. The van der Waals surface area contributed by atoms with Gasteiger partial charge in [0, 0.05) is 23.9 Å². The van der Waals surface area contributed by atoms with Gasteiger partial charge in [-0.3, -0.25) is 9.59 Å². The Morgan fingerprint density at radius 3 is 2.71 bits per heavy atom. The Morgan fingerprint density at radius 1 is 1.21 bits per heavy atom. The number of ether oxygens (including phenoxy) is 1. The lowest BCUT2D eigenvalue weighted by atomic mass is 10.2. The molecule has 0 spiro atoms. The van der Waals surface area contributed by atoms with Crippen LogP contribution in [0.3, 0.4) is 0 Å². The fourth-order valence-electron chi connectivity index (χ4n) is 1.93. The van der Waals surface area contributed by atoms with Gasteiger partial charge in [0.25, 0.3) is 5.91 Å². The quantitative estimate of drug-likeness (QED) is 0.713. The lowest BCUT2D eigenvalue weighted by Gasteiger charge is -2.11. The number of anilines is 1. The molecule has 0 radical (unpaired) electrons. The van der Waals surface area contributed by atoms with Gasteiger partial charge < -0.3 is 15.4 Å². The standard InChI is InChI=1S/C16H16F2N2O3S/c17-16(18)23-13-5-2-1-4-12(13)20-14(21)6-3-8-19-15(22)11-7-9-24-10-11/h1-2,4-5,7,9-10,16H,3,6,8H2,(H,19,22)(H,20,21). The number of hydrogen-bond donors (Lipinski definition) is 2. The molecule has 1 heterocycles. The van der Waals surface area contributed by atoms with E-state index >= 15 is 0 Å². The van der Waals surface area contributed by atoms with E-state index in [4.69, 9.17) is 0 Å². The second kappa shape index (κ2) is 8.97. The Labute approximate surface area is 141 Å². The van der Waals surface area contributed by atoms with E-state index in [0.717, 1.165) is 0 Å². The smallest absolute Gasteiger partial charge is 0.387 e. The Balaban J connectivity index is 1.75. The topological polar surface area (TPSA) is 67.4 Å². The van der Waals surface area contributed by atoms with E-state index in [1.807, 2.05) is 0 Å². The summed E-state index contributed by atoms with van der Waals surface area (Å²) >= 11 is 1.43. The van der Waals surface area contributed by atoms with Gasteiger partial charge >= 0.3 is 6.61 Å². The molecule has 8 heteroatoms. The highest BCUT2D eigenvalue weighted by molar-refractivity contribution is 7.08. The van der Waals surface area contributed by atoms with Crippen LogP contribution < -0.4 is 15.4 Å². The lowest BCUT2D eigenvalue weighted by molar-refractivity contribution is -0.116. The number of carbonyl (C=O) groups is 2. The summed E-state index contributed by atoms with van der Waals surface area (Å²) in [6.07, 6.45) is 0.576. The first-order valence-electron chi connectivity index (χ1n) is 7.20. The zero-order valence-electron chi connectivity index (χ0n) is 12.6. The highest BCUT2D eigenvalue weighted by atomic mass is 32.1. The zero-order valence-corrected chi connectivity index (χ0v) is 13.4. The molecule has 0 saturated heterocycles. The minimum atomic E-state index is -2.96. The molecular weight excluding hydrogens is 338 g/mol. The molecular formula is C16H16F2N2O3S. The molecule has 1 aromatic carbocycles. The molecule has 128 valence electrons. The van der Waals surface area contributed by atoms with Gasteiger partial charge in [0.2, 0.25) is 5.91 Å². The van der Waals surface area contributed by atoms with Crippen molar-refractivity contribution >= 4 is 28.8 Å². The van der Waals surface area contributed by atoms with Crippen molar-refractivity contribution in [3.63, 3.8) is 0 Å². The van der Waals surface area contributed by atoms with Crippen molar-refractivity contribution in [2.45, 2.75) is 19.5 Å². The number of amides is 2. The van der Waals surface area contributed by atoms with Crippen molar-refractivity contribution in [3.05, 3.63) is 46.7 Å². The minimum absolute atomic E-state index is 0.0911. The van der Waals surface area contributed by atoms with Gasteiger partial charge in [-0.2, -0.15) is 20.1 Å². The molecule has 2 N–H and O–H groups in total. The molecule has 0 fully saturated rings. The van der Waals surface area contributed by atoms with Crippen LogP contribution in [0.15, 0.2) is 41.1 Å². The summed E-state index contributed by atoms with van der Waals surface area (Å²) < 4.78 is 28.9. The molecule has 2 amide bonds. The first-order valence-corrected chi connectivity index (χ1v) is 8.14. The van der Waals surface area contributed by atoms with Crippen molar-refractivity contribution < 1.29 is 23.1 Å². The van der Waals surface area contributed by atoms with Gasteiger partial charge in [-0.25, -0.2) is 0 Å². The van der Waals surface area contributed by atoms with Crippen LogP contribution in [0.2, 0.25) is 0 Å². The van der Waals surface area contributed by atoms with E-state index in [0.29, 0.717) is 18.5 Å². The van der Waals surface area contributed by atoms with E-state index < -0.39 is 6.61 Å². The molecule has 0 atom stereocenters. The number of benzene rings is 1. The summed E-state index contributed by atoms with van der Waals surface area (Å²) in [5, 5.41) is 8.77. The Bertz CT molecular complexity index is 678. The van der Waals surface area contributed by atoms with Crippen molar-refractivity contribution in [1.29, 1.82) is 0 Å². The molecule has 24 heavy (non-hydrogen) atoms. The molecule has 0 unspecified atom stereocenters. The number of carbonyl (C=O) groups excluding carboxylic acids is 2. The number of para-hydroxylation sites is 2. The van der Waals surface area contributed by atoms with E-state index in [1.54, 1.807) is 22.9 Å². The molecule has 2 rings (SSSR count). The third kappa shape index (κ3) is 5.62. The Morgan fingerprint density at radius 2 is 2.00 bits per heavy atom. The molecule has 0 saturated carbocycles. The number of alkyl halides is 2. The van der Waals surface area contributed by atoms with Gasteiger partial charge in [0.15, 0.2) is 0 Å². The normalized spacial score (nSPS) is 10.5. The molecule has 1 aromatic heterocycles. The number of thiophene rings is 1. The fourth-order valence-corrected chi connectivity index (χ4v) is 2.56. The third-order valence-corrected chi connectivity index (χ3v) is 3.71. The molecule has 5 nitrogen and oxygen atoms in total. The number of hydrogen-bond acceptors (Lipinski definition) is 4. The number of rotatable bonds is 8. The summed E-state index contributed by atoms with van der Waals surface area (Å²) in [6.45, 7) is -2.62. The van der Waals surface area contributed by atoms with E-state index in [1.165, 1.54) is 29.5 Å². The first kappa shape index (κ1) is 17.9. The van der Waals surface area contributed by atoms with Crippen molar-refractivity contribution in [3.8, 4) is 5.75 Å². The van der Waals surface area contributed by atoms with Crippen LogP contribution in [-0.2, 0) is 4.79 Å². The van der Waals surface area contributed by atoms with Crippen LogP contribution in [-0.4, -0.2) is 25.0 Å². The number of nitrogens with one attached hydrogen (secondary N) is 2. The van der Waals surface area contributed by atoms with Crippen molar-refractivity contribution in [2.75, 3.05) is 11.9 Å². The predicted octanol–water partition coefficient (Wildman–Crippen LogP) is 3.50. The summed E-state index contributed by atoms with van der Waals surface area (Å²) in [5.41, 5.74) is 0.771. The Hall–Kier alpha value is -2.48. The van der Waals surface area contributed by atoms with Crippen LogP contribution in [0.1, 0.15) is 23.2 Å². The average Bonchev–Trinajstić information content (AvgIpc) is 3.07. The third-order valence-electron chi connectivity index (χ3n) is 3.03. The Kier molecular flexibility index (Phi) is 6.68. The van der Waals surface area contributed by atoms with E-state index in [9.17, 15) is 18.4 Å². The van der Waals surface area contributed by atoms with Crippen LogP contribution in [0.25, 0.3) is 0 Å². The van der Waals surface area contributed by atoms with E-state index in [2.05, 4.69) is 15.4 Å². The maximum atomic E-state index is 12.3. The second-order valence-electron chi connectivity index (χ2n) is 4.79. The van der Waals surface area contributed by atoms with Crippen molar-refractivity contribution in [2.24, 2.45) is 0 Å². The SMILES string of the molecule is O=C(CCCNC(=O)c1ccsc1)Nc1ccccc1OC(F)F. The van der Waals surface area contributed by atoms with Crippen LogP contribution >= 0.6 is 11.3 Å². The summed E-state index contributed by atoms with van der Waals surface area (Å²) in [6, 6.07) is 7.69. The van der Waals surface area contributed by atoms with Gasteiger partial charge in [0.05, 0.1) is 5.69 Å². The summed E-state index contributed by atoms with van der Waals surface area (Å²) in [5.74, 6) is -0.621. The second-order valence-corrected chi connectivity index (χ2v) is 5.57. The van der Waals surface area contributed by atoms with Crippen LogP contribution in [0.5, 0.6) is 5.75 Å². The lowest BCUT2D eigenvalue weighted by Crippen LogP contribution is -2.25. The van der Waals surface area contributed by atoms with Gasteiger partial charge in [0.1, 0.15) is 5.75 Å². The molecule has 2 aromatic rings.